The maximum Gasteiger partial charge on any atom is 0.436 e. The Bertz CT molecular complexity index is 629. The van der Waals surface area contributed by atoms with Gasteiger partial charge in [-0.05, 0) is 13.8 Å². The molecule has 1 N–H and O–H groups in total. The molecule has 2 aromatic heterocycles. The second-order valence-corrected chi connectivity index (χ2v) is 3.90. The summed E-state index contributed by atoms with van der Waals surface area (Å²) in [4.78, 5) is 19.9. The van der Waals surface area contributed by atoms with E-state index in [1.807, 2.05) is 0 Å². The zero-order valence-electron chi connectivity index (χ0n) is 10.9. The van der Waals surface area contributed by atoms with Crippen molar-refractivity contribution in [2.75, 3.05) is 11.7 Å². The van der Waals surface area contributed by atoms with Gasteiger partial charge in [-0.1, -0.05) is 0 Å². The lowest BCUT2D eigenvalue weighted by Gasteiger charge is -2.15. The van der Waals surface area contributed by atoms with Crippen LogP contribution in [0.3, 0.4) is 0 Å². The van der Waals surface area contributed by atoms with E-state index in [1.165, 1.54) is 23.1 Å². The number of aromatic nitrogens is 3. The van der Waals surface area contributed by atoms with E-state index in [1.54, 1.807) is 13.8 Å². The molecule has 8 heteroatoms. The van der Waals surface area contributed by atoms with Crippen LogP contribution in [-0.2, 0) is 4.84 Å². The predicted molar refractivity (Wildman–Crippen MR) is 68.2 cm³/mol. The Morgan fingerprint density at radius 3 is 2.90 bits per heavy atom. The molecular weight excluding hydrogens is 267 g/mol. The Hall–Kier alpha value is -2.48. The van der Waals surface area contributed by atoms with Crippen molar-refractivity contribution >= 4 is 11.8 Å². The summed E-state index contributed by atoms with van der Waals surface area (Å²) in [5.74, 6) is -0.503. The van der Waals surface area contributed by atoms with Gasteiger partial charge in [0, 0.05) is 6.07 Å². The topological polar surface area (TPSA) is 80.5 Å². The van der Waals surface area contributed by atoms with Gasteiger partial charge in [0.2, 0.25) is 0 Å². The highest BCUT2D eigenvalue weighted by Crippen LogP contribution is 2.21. The molecule has 2 rings (SSSR count). The first kappa shape index (κ1) is 13.9. The summed E-state index contributed by atoms with van der Waals surface area (Å²) in [7, 11) is 0. The maximum absolute atomic E-state index is 13.1. The van der Waals surface area contributed by atoms with Crippen LogP contribution in [0.5, 0.6) is 0 Å². The molecule has 106 valence electrons. The second kappa shape index (κ2) is 5.66. The number of hydrogen-bond acceptors (Lipinski definition) is 4. The number of carboxylic acid groups (broad SMARTS) is 1. The average molecular weight is 280 g/mol. The summed E-state index contributed by atoms with van der Waals surface area (Å²) in [6.07, 6.45) is 2.68. The van der Waals surface area contributed by atoms with E-state index >= 15 is 0 Å². The fourth-order valence-electron chi connectivity index (χ4n) is 1.67. The zero-order chi connectivity index (χ0) is 14.7. The molecule has 0 saturated carbocycles. The molecule has 7 nitrogen and oxygen atoms in total. The molecule has 2 heterocycles. The minimum Gasteiger partial charge on any atom is -0.463 e. The molecule has 0 bridgehead atoms. The summed E-state index contributed by atoms with van der Waals surface area (Å²) in [5, 5.41) is 14.0. The highest BCUT2D eigenvalue weighted by Gasteiger charge is 2.20. The number of hydrogen-bond donors (Lipinski definition) is 1. The lowest BCUT2D eigenvalue weighted by atomic mass is 10.4. The fraction of sp³-hybridized carbons (Fsp3) is 0.250. The Labute approximate surface area is 114 Å². The molecule has 20 heavy (non-hydrogen) atoms. The van der Waals surface area contributed by atoms with Crippen molar-refractivity contribution in [1.82, 2.24) is 14.8 Å². The van der Waals surface area contributed by atoms with Gasteiger partial charge in [-0.25, -0.2) is 13.9 Å². The Kier molecular flexibility index (Phi) is 3.94. The molecule has 0 unspecified atom stereocenters. The van der Waals surface area contributed by atoms with Crippen LogP contribution in [-0.4, -0.2) is 32.6 Å². The number of pyridine rings is 1. The van der Waals surface area contributed by atoms with Crippen LogP contribution in [0.15, 0.2) is 24.7 Å². The van der Waals surface area contributed by atoms with Crippen LogP contribution >= 0.6 is 0 Å². The van der Waals surface area contributed by atoms with E-state index < -0.39 is 11.9 Å². The highest BCUT2D eigenvalue weighted by molar-refractivity contribution is 5.84. The van der Waals surface area contributed by atoms with E-state index in [4.69, 9.17) is 9.94 Å². The third-order valence-corrected chi connectivity index (χ3v) is 2.48. The summed E-state index contributed by atoms with van der Waals surface area (Å²) >= 11 is 0. The highest BCUT2D eigenvalue weighted by atomic mass is 19.1. The smallest absolute Gasteiger partial charge is 0.436 e. The first-order valence-corrected chi connectivity index (χ1v) is 5.86. The van der Waals surface area contributed by atoms with Crippen LogP contribution in [0.25, 0.3) is 5.69 Å². The van der Waals surface area contributed by atoms with Crippen molar-refractivity contribution in [2.45, 2.75) is 13.8 Å². The predicted octanol–water partition coefficient (Wildman–Crippen LogP) is 2.15. The van der Waals surface area contributed by atoms with Crippen LogP contribution in [0.4, 0.5) is 14.9 Å². The molecule has 0 aliphatic carbocycles. The third kappa shape index (κ3) is 2.75. The Balaban J connectivity index is 2.40. The standard InChI is InChI=1S/C12H13FN4O3/c1-3-20-17(12(18)19)11-7-16(15-8(11)2)10-4-9(13)5-14-6-10/h4-7H,3H2,1-2H3,(H,18,19). The first-order valence-electron chi connectivity index (χ1n) is 5.86. The van der Waals surface area contributed by atoms with E-state index in [9.17, 15) is 9.18 Å². The minimum absolute atomic E-state index is 0.193. The quantitative estimate of drug-likeness (QED) is 0.868. The van der Waals surface area contributed by atoms with Gasteiger partial charge >= 0.3 is 6.09 Å². The summed E-state index contributed by atoms with van der Waals surface area (Å²) in [6, 6.07) is 1.25. The average Bonchev–Trinajstić information content (AvgIpc) is 2.77. The van der Waals surface area contributed by atoms with Crippen molar-refractivity contribution in [3.8, 4) is 5.69 Å². The van der Waals surface area contributed by atoms with Crippen LogP contribution in [0, 0.1) is 12.7 Å². The molecule has 0 aliphatic rings. The fourth-order valence-corrected chi connectivity index (χ4v) is 1.67. The molecule has 2 aromatic rings. The number of halogens is 1. The molecule has 0 aromatic carbocycles. The first-order chi connectivity index (χ1) is 9.52. The summed E-state index contributed by atoms with van der Waals surface area (Å²) in [5.41, 5.74) is 1.09. The molecule has 0 atom stereocenters. The van der Waals surface area contributed by atoms with Crippen molar-refractivity contribution in [1.29, 1.82) is 0 Å². The van der Waals surface area contributed by atoms with Gasteiger partial charge in [-0.3, -0.25) is 9.82 Å². The third-order valence-electron chi connectivity index (χ3n) is 2.48. The monoisotopic (exact) mass is 280 g/mol. The van der Waals surface area contributed by atoms with Crippen molar-refractivity contribution in [3.63, 3.8) is 0 Å². The van der Waals surface area contributed by atoms with Crippen molar-refractivity contribution in [2.24, 2.45) is 0 Å². The SMILES string of the molecule is CCON(C(=O)O)c1cn(-c2cncc(F)c2)nc1C. The number of rotatable bonds is 4. The molecule has 0 aliphatic heterocycles. The van der Waals surface area contributed by atoms with Gasteiger partial charge in [-0.15, -0.1) is 5.06 Å². The van der Waals surface area contributed by atoms with Gasteiger partial charge in [-0.2, -0.15) is 5.10 Å². The molecule has 0 saturated heterocycles. The van der Waals surface area contributed by atoms with Crippen LogP contribution in [0.2, 0.25) is 0 Å². The molecule has 0 spiro atoms. The Morgan fingerprint density at radius 1 is 1.55 bits per heavy atom. The van der Waals surface area contributed by atoms with E-state index in [0.29, 0.717) is 11.4 Å². The van der Waals surface area contributed by atoms with Crippen LogP contribution < -0.4 is 5.06 Å². The van der Waals surface area contributed by atoms with Crippen molar-refractivity contribution < 1.29 is 19.1 Å². The van der Waals surface area contributed by atoms with E-state index in [2.05, 4.69) is 10.1 Å². The van der Waals surface area contributed by atoms with Crippen molar-refractivity contribution in [3.05, 3.63) is 36.2 Å². The number of amides is 1. The zero-order valence-corrected chi connectivity index (χ0v) is 10.9. The van der Waals surface area contributed by atoms with Gasteiger partial charge in [0.15, 0.2) is 0 Å². The Morgan fingerprint density at radius 2 is 2.30 bits per heavy atom. The normalized spacial score (nSPS) is 10.6. The van der Waals surface area contributed by atoms with E-state index in [-0.39, 0.29) is 12.3 Å². The number of anilines is 1. The molecule has 1 amide bonds. The second-order valence-electron chi connectivity index (χ2n) is 3.90. The summed E-state index contributed by atoms with van der Waals surface area (Å²) in [6.45, 7) is 3.50. The minimum atomic E-state index is -1.26. The van der Waals surface area contributed by atoms with Gasteiger partial charge < -0.3 is 5.11 Å². The number of hydroxylamine groups is 1. The molecule has 0 radical (unpaired) electrons. The maximum atomic E-state index is 13.1. The van der Waals surface area contributed by atoms with E-state index in [0.717, 1.165) is 11.3 Å². The van der Waals surface area contributed by atoms with Gasteiger partial charge in [0.25, 0.3) is 0 Å². The molecule has 0 fully saturated rings. The summed E-state index contributed by atoms with van der Waals surface area (Å²) < 4.78 is 14.5. The molecular formula is C12H13FN4O3. The number of aryl methyl sites for hydroxylation is 1. The van der Waals surface area contributed by atoms with Gasteiger partial charge in [0.1, 0.15) is 11.5 Å². The lowest BCUT2D eigenvalue weighted by Crippen LogP contribution is -2.29. The lowest BCUT2D eigenvalue weighted by molar-refractivity contribution is 0.103. The van der Waals surface area contributed by atoms with Crippen LogP contribution in [0.1, 0.15) is 12.6 Å². The number of nitrogens with zero attached hydrogens (tertiary/aromatic N) is 4. The largest absolute Gasteiger partial charge is 0.463 e. The number of carbonyl (C=O) groups is 1. The van der Waals surface area contributed by atoms with Gasteiger partial charge in [0.05, 0.1) is 36.6 Å².